The molecule has 1 heterocycles. The Morgan fingerprint density at radius 1 is 1.48 bits per heavy atom. The number of carbonyl (C=O) groups is 3. The Labute approximate surface area is 129 Å². The summed E-state index contributed by atoms with van der Waals surface area (Å²) in [6.07, 6.45) is 0.216. The topological polar surface area (TPSA) is 83.9 Å². The molecule has 1 fully saturated rings. The molecule has 6 nitrogen and oxygen atoms in total. The lowest BCUT2D eigenvalue weighted by Gasteiger charge is -2.50. The molecule has 1 saturated heterocycles. The SMILES string of the molecule is CCCCOC(=O)C(O)N1C(=O)CC1(C)CC(=O)SCC. The highest BCUT2D eigenvalue weighted by Gasteiger charge is 2.53. The third-order valence-electron chi connectivity index (χ3n) is 3.41. The van der Waals surface area contributed by atoms with Crippen LogP contribution in [0.1, 0.15) is 46.5 Å². The maximum absolute atomic E-state index is 11.7. The molecule has 21 heavy (non-hydrogen) atoms. The first kappa shape index (κ1) is 18.0. The second kappa shape index (κ2) is 7.79. The molecule has 1 aliphatic rings. The molecule has 7 heteroatoms. The molecule has 1 amide bonds. The second-order valence-electron chi connectivity index (χ2n) is 5.31. The predicted molar refractivity (Wildman–Crippen MR) is 79.5 cm³/mol. The molecular formula is C14H23NO5S. The largest absolute Gasteiger partial charge is 0.462 e. The molecule has 1 N–H and O–H groups in total. The van der Waals surface area contributed by atoms with Gasteiger partial charge in [0.15, 0.2) is 5.12 Å². The first-order valence-corrected chi connectivity index (χ1v) is 8.16. The van der Waals surface area contributed by atoms with Crippen molar-refractivity contribution in [2.45, 2.75) is 58.2 Å². The van der Waals surface area contributed by atoms with Gasteiger partial charge in [-0.1, -0.05) is 32.0 Å². The lowest BCUT2D eigenvalue weighted by molar-refractivity contribution is -0.194. The Kier molecular flexibility index (Phi) is 6.67. The number of amides is 1. The van der Waals surface area contributed by atoms with E-state index in [1.807, 2.05) is 13.8 Å². The molecule has 0 bridgehead atoms. The van der Waals surface area contributed by atoms with Crippen LogP contribution in [0.3, 0.4) is 0 Å². The fourth-order valence-electron chi connectivity index (χ4n) is 2.31. The maximum Gasteiger partial charge on any atom is 0.356 e. The van der Waals surface area contributed by atoms with Crippen molar-refractivity contribution in [3.63, 3.8) is 0 Å². The highest BCUT2D eigenvalue weighted by molar-refractivity contribution is 8.13. The highest BCUT2D eigenvalue weighted by atomic mass is 32.2. The van der Waals surface area contributed by atoms with Crippen LogP contribution in [0.5, 0.6) is 0 Å². The van der Waals surface area contributed by atoms with E-state index in [2.05, 4.69) is 0 Å². The molecule has 0 aromatic heterocycles. The van der Waals surface area contributed by atoms with Crippen LogP contribution in [0.15, 0.2) is 0 Å². The number of hydrogen-bond donors (Lipinski definition) is 1. The Bertz CT molecular complexity index is 414. The van der Waals surface area contributed by atoms with E-state index >= 15 is 0 Å². The standard InChI is InChI=1S/C14H23NO5S/c1-4-6-7-20-13(19)12(18)15-10(16)8-14(15,3)9-11(17)21-5-2/h12,18H,4-9H2,1-3H3. The molecule has 1 aliphatic heterocycles. The summed E-state index contributed by atoms with van der Waals surface area (Å²) in [6.45, 7) is 5.74. The normalized spacial score (nSPS) is 22.7. The van der Waals surface area contributed by atoms with Crippen molar-refractivity contribution in [1.82, 2.24) is 4.90 Å². The van der Waals surface area contributed by atoms with Crippen molar-refractivity contribution >= 4 is 28.8 Å². The zero-order chi connectivity index (χ0) is 16.0. The molecule has 1 rings (SSSR count). The molecule has 0 aromatic rings. The number of thioether (sulfide) groups is 1. The van der Waals surface area contributed by atoms with Crippen LogP contribution in [-0.2, 0) is 19.1 Å². The summed E-state index contributed by atoms with van der Waals surface area (Å²) in [5.41, 5.74) is -0.806. The van der Waals surface area contributed by atoms with Gasteiger partial charge in [0.25, 0.3) is 0 Å². The average molecular weight is 317 g/mol. The number of carbonyl (C=O) groups excluding carboxylic acids is 3. The second-order valence-corrected chi connectivity index (χ2v) is 6.64. The number of aliphatic hydroxyl groups is 1. The Morgan fingerprint density at radius 3 is 2.67 bits per heavy atom. The summed E-state index contributed by atoms with van der Waals surface area (Å²) >= 11 is 1.17. The summed E-state index contributed by atoms with van der Waals surface area (Å²) in [6, 6.07) is 0. The molecule has 2 unspecified atom stereocenters. The molecular weight excluding hydrogens is 294 g/mol. The minimum absolute atomic E-state index is 0.0518. The molecule has 120 valence electrons. The van der Waals surface area contributed by atoms with Gasteiger partial charge >= 0.3 is 5.97 Å². The van der Waals surface area contributed by atoms with Gasteiger partial charge in [-0.15, -0.1) is 0 Å². The van der Waals surface area contributed by atoms with Gasteiger partial charge in [0, 0.05) is 6.42 Å². The van der Waals surface area contributed by atoms with E-state index in [9.17, 15) is 19.5 Å². The van der Waals surface area contributed by atoms with Gasteiger partial charge in [-0.05, 0) is 19.1 Å². The van der Waals surface area contributed by atoms with Crippen molar-refractivity contribution in [2.24, 2.45) is 0 Å². The van der Waals surface area contributed by atoms with E-state index in [0.29, 0.717) is 12.2 Å². The van der Waals surface area contributed by atoms with Crippen molar-refractivity contribution < 1.29 is 24.2 Å². The van der Waals surface area contributed by atoms with Gasteiger partial charge in [0.2, 0.25) is 12.1 Å². The van der Waals surface area contributed by atoms with Crippen LogP contribution in [-0.4, -0.2) is 51.1 Å². The molecule has 0 aliphatic carbocycles. The first-order chi connectivity index (χ1) is 9.85. The van der Waals surface area contributed by atoms with Crippen LogP contribution in [0.2, 0.25) is 0 Å². The van der Waals surface area contributed by atoms with E-state index in [1.165, 1.54) is 11.8 Å². The van der Waals surface area contributed by atoms with Gasteiger partial charge in [0.05, 0.1) is 18.6 Å². The summed E-state index contributed by atoms with van der Waals surface area (Å²) in [5.74, 6) is -0.519. The minimum Gasteiger partial charge on any atom is -0.462 e. The van der Waals surface area contributed by atoms with Crippen LogP contribution in [0.25, 0.3) is 0 Å². The third-order valence-corrected chi connectivity index (χ3v) is 4.17. The molecule has 0 radical (unpaired) electrons. The lowest BCUT2D eigenvalue weighted by atomic mass is 9.82. The third kappa shape index (κ3) is 4.44. The van der Waals surface area contributed by atoms with Crippen molar-refractivity contribution in [2.75, 3.05) is 12.4 Å². The van der Waals surface area contributed by atoms with Gasteiger partial charge in [-0.2, -0.15) is 0 Å². The summed E-state index contributed by atoms with van der Waals surface area (Å²) in [7, 11) is 0. The number of aliphatic hydroxyl groups excluding tert-OH is 1. The summed E-state index contributed by atoms with van der Waals surface area (Å²) in [4.78, 5) is 36.2. The number of rotatable bonds is 8. The Morgan fingerprint density at radius 2 is 2.14 bits per heavy atom. The molecule has 2 atom stereocenters. The summed E-state index contributed by atoms with van der Waals surface area (Å²) in [5, 5.41) is 9.95. The fourth-order valence-corrected chi connectivity index (χ4v) is 3.04. The van der Waals surface area contributed by atoms with Crippen LogP contribution in [0.4, 0.5) is 0 Å². The van der Waals surface area contributed by atoms with E-state index in [0.717, 1.165) is 11.3 Å². The van der Waals surface area contributed by atoms with E-state index in [-0.39, 0.29) is 30.5 Å². The fraction of sp³-hybridized carbons (Fsp3) is 0.786. The number of hydrogen-bond acceptors (Lipinski definition) is 6. The lowest BCUT2D eigenvalue weighted by Crippen LogP contribution is -2.67. The Balaban J connectivity index is 2.63. The van der Waals surface area contributed by atoms with Crippen molar-refractivity contribution in [3.05, 3.63) is 0 Å². The van der Waals surface area contributed by atoms with E-state index < -0.39 is 17.7 Å². The number of unbranched alkanes of at least 4 members (excludes halogenated alkanes) is 1. The number of β-lactam (4-membered cyclic amide) rings is 1. The van der Waals surface area contributed by atoms with Crippen LogP contribution >= 0.6 is 11.8 Å². The summed E-state index contributed by atoms with van der Waals surface area (Å²) < 4.78 is 4.92. The quantitative estimate of drug-likeness (QED) is 0.413. The highest BCUT2D eigenvalue weighted by Crippen LogP contribution is 2.37. The van der Waals surface area contributed by atoms with Gasteiger partial charge in [-0.3, -0.25) is 9.59 Å². The minimum atomic E-state index is -1.63. The average Bonchev–Trinajstić information content (AvgIpc) is 2.38. The van der Waals surface area contributed by atoms with Gasteiger partial charge in [0.1, 0.15) is 0 Å². The zero-order valence-electron chi connectivity index (χ0n) is 12.8. The molecule has 0 saturated carbocycles. The van der Waals surface area contributed by atoms with Crippen molar-refractivity contribution in [1.29, 1.82) is 0 Å². The van der Waals surface area contributed by atoms with Gasteiger partial charge < -0.3 is 14.7 Å². The maximum atomic E-state index is 11.7. The smallest absolute Gasteiger partial charge is 0.356 e. The predicted octanol–water partition coefficient (Wildman–Crippen LogP) is 1.31. The first-order valence-electron chi connectivity index (χ1n) is 7.18. The monoisotopic (exact) mass is 317 g/mol. The zero-order valence-corrected chi connectivity index (χ0v) is 13.6. The van der Waals surface area contributed by atoms with Crippen LogP contribution in [0, 0.1) is 0 Å². The van der Waals surface area contributed by atoms with E-state index in [4.69, 9.17) is 4.74 Å². The Hall–Kier alpha value is -1.08. The van der Waals surface area contributed by atoms with Crippen molar-refractivity contribution in [3.8, 4) is 0 Å². The van der Waals surface area contributed by atoms with Crippen LogP contribution < -0.4 is 0 Å². The number of ether oxygens (including phenoxy) is 1. The molecule has 0 spiro atoms. The molecule has 0 aromatic carbocycles. The van der Waals surface area contributed by atoms with Gasteiger partial charge in [-0.25, -0.2) is 4.79 Å². The number of esters is 1. The number of nitrogens with zero attached hydrogens (tertiary/aromatic N) is 1. The number of likely N-dealkylation sites (tertiary alicyclic amines) is 1. The van der Waals surface area contributed by atoms with E-state index in [1.54, 1.807) is 6.92 Å².